The summed E-state index contributed by atoms with van der Waals surface area (Å²) in [5.74, 6) is 5.61. The number of carbonyl (C=O) groups excluding carboxylic acids is 1. The second-order valence-electron chi connectivity index (χ2n) is 10.7. The Morgan fingerprint density at radius 3 is 2.36 bits per heavy atom. The number of carbonyl (C=O) groups is 2. The number of ether oxygens (including phenoxy) is 2. The normalized spacial score (nSPS) is 15.4. The average molecular weight is 620 g/mol. The molecule has 1 amide bonds. The number of rotatable bonds is 9. The first kappa shape index (κ1) is 30.8. The summed E-state index contributed by atoms with van der Waals surface area (Å²) in [5, 5.41) is 12.2. The van der Waals surface area contributed by atoms with E-state index in [2.05, 4.69) is 31.8 Å². The highest BCUT2D eigenvalue weighted by molar-refractivity contribution is 7.87. The molecular weight excluding hydrogens is 586 g/mol. The number of fused-ring (bicyclic) bond motifs is 1. The van der Waals surface area contributed by atoms with Crippen LogP contribution in [0.3, 0.4) is 0 Å². The number of carboxylic acids is 1. The van der Waals surface area contributed by atoms with E-state index in [-0.39, 0.29) is 37.4 Å². The highest BCUT2D eigenvalue weighted by Crippen LogP contribution is 2.32. The Hall–Kier alpha value is -4.64. The predicted molar refractivity (Wildman–Crippen MR) is 162 cm³/mol. The van der Waals surface area contributed by atoms with E-state index >= 15 is 0 Å². The summed E-state index contributed by atoms with van der Waals surface area (Å²) < 4.78 is 39.8. The van der Waals surface area contributed by atoms with Crippen LogP contribution in [0.1, 0.15) is 41.0 Å². The first-order valence-corrected chi connectivity index (χ1v) is 15.5. The van der Waals surface area contributed by atoms with E-state index in [0.29, 0.717) is 36.7 Å². The quantitative estimate of drug-likeness (QED) is 0.306. The molecule has 0 saturated carbocycles. The first-order valence-electron chi connectivity index (χ1n) is 14.1. The highest BCUT2D eigenvalue weighted by atomic mass is 32.2. The fourth-order valence-corrected chi connectivity index (χ4v) is 6.24. The van der Waals surface area contributed by atoms with Gasteiger partial charge in [0.15, 0.2) is 11.5 Å². The van der Waals surface area contributed by atoms with Gasteiger partial charge < -0.3 is 24.8 Å². The second kappa shape index (κ2) is 13.3. The smallest absolute Gasteiger partial charge is 0.322 e. The average Bonchev–Trinajstić information content (AvgIpc) is 3.50. The van der Waals surface area contributed by atoms with Crippen molar-refractivity contribution in [1.82, 2.24) is 19.3 Å². The number of aromatic nitrogens is 1. The molecule has 5 rings (SSSR count). The van der Waals surface area contributed by atoms with E-state index < -0.39 is 22.2 Å². The Balaban J connectivity index is 1.14. The van der Waals surface area contributed by atoms with Gasteiger partial charge in [-0.1, -0.05) is 31.8 Å². The number of hydrogen-bond acceptors (Lipinski definition) is 8. The molecule has 3 N–H and O–H groups in total. The maximum absolute atomic E-state index is 12.7. The summed E-state index contributed by atoms with van der Waals surface area (Å²) in [6, 6.07) is 15.3. The van der Waals surface area contributed by atoms with Gasteiger partial charge in [-0.05, 0) is 60.0 Å². The van der Waals surface area contributed by atoms with Gasteiger partial charge >= 0.3 is 5.97 Å². The van der Waals surface area contributed by atoms with Gasteiger partial charge in [-0.25, -0.2) is 0 Å². The first-order chi connectivity index (χ1) is 21.1. The molecule has 0 spiro atoms. The molecule has 1 aromatic heterocycles. The van der Waals surface area contributed by atoms with Crippen LogP contribution < -0.4 is 24.4 Å². The van der Waals surface area contributed by atoms with Crippen molar-refractivity contribution in [2.45, 2.75) is 26.4 Å². The summed E-state index contributed by atoms with van der Waals surface area (Å²) in [6.45, 7) is 5.20. The van der Waals surface area contributed by atoms with Gasteiger partial charge in [0.25, 0.3) is 16.1 Å². The lowest BCUT2D eigenvalue weighted by atomic mass is 10.1. The van der Waals surface area contributed by atoms with Crippen molar-refractivity contribution in [3.63, 3.8) is 0 Å². The molecule has 3 aromatic rings. The lowest BCUT2D eigenvalue weighted by Crippen LogP contribution is -2.55. The van der Waals surface area contributed by atoms with Crippen LogP contribution in [0.2, 0.25) is 0 Å². The van der Waals surface area contributed by atoms with Crippen molar-refractivity contribution >= 4 is 27.8 Å². The molecule has 0 unspecified atom stereocenters. The van der Waals surface area contributed by atoms with Gasteiger partial charge in [0.05, 0.1) is 0 Å². The molecule has 3 heterocycles. The number of benzene rings is 2. The molecule has 2 aliphatic rings. The van der Waals surface area contributed by atoms with E-state index in [4.69, 9.17) is 9.47 Å². The Kier molecular flexibility index (Phi) is 9.34. The Morgan fingerprint density at radius 1 is 0.955 bits per heavy atom. The number of amides is 1. The van der Waals surface area contributed by atoms with Crippen molar-refractivity contribution in [2.24, 2.45) is 5.92 Å². The van der Waals surface area contributed by atoms with Gasteiger partial charge in [0.1, 0.15) is 11.7 Å². The van der Waals surface area contributed by atoms with E-state index in [1.54, 1.807) is 32.2 Å². The Morgan fingerprint density at radius 2 is 1.66 bits per heavy atom. The molecule has 13 heteroatoms. The largest absolute Gasteiger partial charge is 0.480 e. The number of hydrogen-bond donors (Lipinski definition) is 3. The van der Waals surface area contributed by atoms with Crippen molar-refractivity contribution in [2.75, 3.05) is 37.9 Å². The summed E-state index contributed by atoms with van der Waals surface area (Å²) in [5.41, 5.74) is 3.48. The Labute approximate surface area is 256 Å². The van der Waals surface area contributed by atoms with Gasteiger partial charge in [0, 0.05) is 55.7 Å². The van der Waals surface area contributed by atoms with E-state index in [1.807, 2.05) is 42.5 Å². The second-order valence-corrected chi connectivity index (χ2v) is 12.4. The summed E-state index contributed by atoms with van der Waals surface area (Å²) in [4.78, 5) is 30.4. The summed E-state index contributed by atoms with van der Waals surface area (Å²) in [7, 11) is -3.93. The van der Waals surface area contributed by atoms with Crippen LogP contribution in [0.4, 0.5) is 5.69 Å². The zero-order chi connectivity index (χ0) is 31.3. The van der Waals surface area contributed by atoms with Crippen LogP contribution >= 0.6 is 0 Å². The van der Waals surface area contributed by atoms with Crippen molar-refractivity contribution in [3.05, 3.63) is 83.2 Å². The van der Waals surface area contributed by atoms with E-state index in [1.165, 1.54) is 4.31 Å². The van der Waals surface area contributed by atoms with Crippen LogP contribution in [0.15, 0.2) is 60.8 Å². The molecule has 230 valence electrons. The van der Waals surface area contributed by atoms with E-state index in [0.717, 1.165) is 16.8 Å². The molecule has 2 aliphatic heterocycles. The number of nitrogens with one attached hydrogen (secondary N) is 2. The predicted octanol–water partition coefficient (Wildman–Crippen LogP) is 2.21. The maximum atomic E-state index is 12.7. The van der Waals surface area contributed by atoms with Gasteiger partial charge in [-0.3, -0.25) is 14.6 Å². The number of piperazine rings is 1. The minimum atomic E-state index is -3.93. The van der Waals surface area contributed by atoms with Crippen LogP contribution in [-0.2, 0) is 21.5 Å². The molecule has 2 aromatic carbocycles. The Bertz CT molecular complexity index is 1690. The third-order valence-corrected chi connectivity index (χ3v) is 8.85. The third-order valence-electron chi connectivity index (χ3n) is 7.25. The molecule has 44 heavy (non-hydrogen) atoms. The number of nitrogens with zero attached hydrogens (tertiary/aromatic N) is 3. The molecule has 0 bridgehead atoms. The fourth-order valence-electron chi connectivity index (χ4n) is 4.75. The number of aliphatic carboxylic acids is 1. The van der Waals surface area contributed by atoms with Crippen LogP contribution in [0.25, 0.3) is 0 Å². The molecule has 1 fully saturated rings. The highest BCUT2D eigenvalue weighted by Gasteiger charge is 2.33. The van der Waals surface area contributed by atoms with E-state index in [9.17, 15) is 23.1 Å². The van der Waals surface area contributed by atoms with Crippen molar-refractivity contribution in [3.8, 4) is 23.3 Å². The summed E-state index contributed by atoms with van der Waals surface area (Å²) >= 11 is 0. The monoisotopic (exact) mass is 619 g/mol. The molecular formula is C31H33N5O7S. The zero-order valence-corrected chi connectivity index (χ0v) is 25.1. The lowest BCUT2D eigenvalue weighted by molar-refractivity contribution is -0.140. The lowest BCUT2D eigenvalue weighted by Gasteiger charge is -2.36. The molecule has 0 radical (unpaired) electrons. The standard InChI is InChI=1S/C31H33N5O7S/c1-21(2)29(31(38)39)34-44(40,41)36-15-13-35(14-16-36)25-8-5-22(6-9-25)3-4-23-11-12-32-26(17-23)30(37)33-19-24-7-10-27-28(18-24)43-20-42-27/h5-12,17-18,21,29,34H,13-16,19-20H2,1-2H3,(H,33,37)(H,38,39)/t29-/m1/s1. The molecule has 1 atom stereocenters. The van der Waals surface area contributed by atoms with Crippen molar-refractivity contribution in [1.29, 1.82) is 0 Å². The topological polar surface area (TPSA) is 150 Å². The van der Waals surface area contributed by atoms with Crippen LogP contribution in [-0.4, -0.2) is 73.7 Å². The van der Waals surface area contributed by atoms with Gasteiger partial charge in [-0.2, -0.15) is 17.4 Å². The third kappa shape index (κ3) is 7.46. The molecule has 0 aliphatic carbocycles. The number of pyridine rings is 1. The number of carboxylic acid groups (broad SMARTS) is 1. The minimum Gasteiger partial charge on any atom is -0.480 e. The van der Waals surface area contributed by atoms with Crippen LogP contribution in [0, 0.1) is 17.8 Å². The zero-order valence-electron chi connectivity index (χ0n) is 24.3. The van der Waals surface area contributed by atoms with Gasteiger partial charge in [-0.15, -0.1) is 0 Å². The number of anilines is 1. The maximum Gasteiger partial charge on any atom is 0.322 e. The van der Waals surface area contributed by atoms with Crippen molar-refractivity contribution < 1.29 is 32.6 Å². The van der Waals surface area contributed by atoms with Gasteiger partial charge in [0.2, 0.25) is 6.79 Å². The minimum absolute atomic E-state index is 0.189. The SMILES string of the molecule is CC(C)[C@@H](NS(=O)(=O)N1CCN(c2ccc(C#Cc3ccnc(C(=O)NCc4ccc5c(c4)OCO5)c3)cc2)CC1)C(=O)O. The fraction of sp³-hybridized carbons (Fsp3) is 0.323. The van der Waals surface area contributed by atoms with Crippen LogP contribution in [0.5, 0.6) is 11.5 Å². The molecule has 12 nitrogen and oxygen atoms in total. The molecule has 1 saturated heterocycles. The summed E-state index contributed by atoms with van der Waals surface area (Å²) in [6.07, 6.45) is 1.54.